The van der Waals surface area contributed by atoms with E-state index in [1.807, 2.05) is 19.2 Å². The van der Waals surface area contributed by atoms with E-state index in [9.17, 15) is 4.39 Å². The van der Waals surface area contributed by atoms with Crippen molar-refractivity contribution in [2.24, 2.45) is 5.73 Å². The SMILES string of the molecule is CC(N)Cc1c(F)cccc1-n1cc(I)cn1. The molecule has 0 amide bonds. The first-order valence-corrected chi connectivity index (χ1v) is 6.39. The minimum absolute atomic E-state index is 0.0831. The number of halogens is 2. The average Bonchev–Trinajstić information content (AvgIpc) is 2.67. The molecule has 0 spiro atoms. The minimum atomic E-state index is -0.231. The lowest BCUT2D eigenvalue weighted by Gasteiger charge is -2.12. The second-order valence-corrected chi connectivity index (χ2v) is 5.27. The topological polar surface area (TPSA) is 43.8 Å². The summed E-state index contributed by atoms with van der Waals surface area (Å²) in [6.45, 7) is 1.86. The Balaban J connectivity index is 2.49. The third-order valence-electron chi connectivity index (χ3n) is 2.42. The first-order valence-electron chi connectivity index (χ1n) is 5.31. The van der Waals surface area contributed by atoms with Crippen LogP contribution < -0.4 is 5.73 Å². The van der Waals surface area contributed by atoms with Gasteiger partial charge in [-0.25, -0.2) is 9.07 Å². The van der Waals surface area contributed by atoms with E-state index in [1.165, 1.54) is 6.07 Å². The number of benzene rings is 1. The van der Waals surface area contributed by atoms with Crippen LogP contribution in [0.2, 0.25) is 0 Å². The van der Waals surface area contributed by atoms with Gasteiger partial charge in [0.05, 0.1) is 15.5 Å². The highest BCUT2D eigenvalue weighted by Crippen LogP contribution is 2.19. The Bertz CT molecular complexity index is 522. The van der Waals surface area contributed by atoms with E-state index in [0.717, 1.165) is 9.26 Å². The molecule has 0 aliphatic rings. The Morgan fingerprint density at radius 1 is 1.53 bits per heavy atom. The average molecular weight is 345 g/mol. The molecule has 0 aliphatic heterocycles. The van der Waals surface area contributed by atoms with Gasteiger partial charge in [-0.15, -0.1) is 0 Å². The molecule has 0 fully saturated rings. The van der Waals surface area contributed by atoms with Crippen LogP contribution in [0, 0.1) is 9.39 Å². The largest absolute Gasteiger partial charge is 0.328 e. The Morgan fingerprint density at radius 3 is 2.88 bits per heavy atom. The molecule has 1 atom stereocenters. The summed E-state index contributed by atoms with van der Waals surface area (Å²) in [5.74, 6) is -0.231. The monoisotopic (exact) mass is 345 g/mol. The highest BCUT2D eigenvalue weighted by Gasteiger charge is 2.12. The molecule has 1 aromatic heterocycles. The molecule has 90 valence electrons. The van der Waals surface area contributed by atoms with Crippen molar-refractivity contribution < 1.29 is 4.39 Å². The standard InChI is InChI=1S/C12H13FIN3/c1-8(15)5-10-11(13)3-2-4-12(10)17-7-9(14)6-16-17/h2-4,6-8H,5,15H2,1H3. The maximum absolute atomic E-state index is 13.8. The Kier molecular flexibility index (Phi) is 3.78. The van der Waals surface area contributed by atoms with Crippen LogP contribution in [0.25, 0.3) is 5.69 Å². The molecule has 0 bridgehead atoms. The van der Waals surface area contributed by atoms with Crippen LogP contribution in [0.4, 0.5) is 4.39 Å². The van der Waals surface area contributed by atoms with Crippen molar-refractivity contribution in [3.05, 3.63) is 45.5 Å². The quantitative estimate of drug-likeness (QED) is 0.869. The molecule has 5 heteroatoms. The number of nitrogens with zero attached hydrogens (tertiary/aromatic N) is 2. The lowest BCUT2D eigenvalue weighted by atomic mass is 10.0. The molecule has 17 heavy (non-hydrogen) atoms. The van der Waals surface area contributed by atoms with E-state index in [2.05, 4.69) is 27.7 Å². The number of aromatic nitrogens is 2. The maximum atomic E-state index is 13.8. The molecule has 2 aromatic rings. The molecule has 0 radical (unpaired) electrons. The third-order valence-corrected chi connectivity index (χ3v) is 2.98. The van der Waals surface area contributed by atoms with E-state index in [-0.39, 0.29) is 11.9 Å². The van der Waals surface area contributed by atoms with Crippen LogP contribution in [-0.4, -0.2) is 15.8 Å². The van der Waals surface area contributed by atoms with Gasteiger partial charge < -0.3 is 5.73 Å². The maximum Gasteiger partial charge on any atom is 0.128 e. The van der Waals surface area contributed by atoms with Gasteiger partial charge in [-0.05, 0) is 48.1 Å². The van der Waals surface area contributed by atoms with Crippen LogP contribution in [0.5, 0.6) is 0 Å². The highest BCUT2D eigenvalue weighted by atomic mass is 127. The molecule has 2 N–H and O–H groups in total. The fourth-order valence-electron chi connectivity index (χ4n) is 1.72. The van der Waals surface area contributed by atoms with Gasteiger partial charge in [0.2, 0.25) is 0 Å². The molecule has 0 saturated heterocycles. The number of nitrogens with two attached hydrogens (primary N) is 1. The van der Waals surface area contributed by atoms with Gasteiger partial charge in [0, 0.05) is 17.8 Å². The van der Waals surface area contributed by atoms with Crippen molar-refractivity contribution in [2.45, 2.75) is 19.4 Å². The highest BCUT2D eigenvalue weighted by molar-refractivity contribution is 14.1. The molecule has 0 aliphatic carbocycles. The predicted molar refractivity (Wildman–Crippen MR) is 73.6 cm³/mol. The first kappa shape index (κ1) is 12.5. The van der Waals surface area contributed by atoms with Gasteiger partial charge in [-0.1, -0.05) is 6.07 Å². The van der Waals surface area contributed by atoms with Crippen LogP contribution in [0.1, 0.15) is 12.5 Å². The van der Waals surface area contributed by atoms with Crippen molar-refractivity contribution in [1.82, 2.24) is 9.78 Å². The summed E-state index contributed by atoms with van der Waals surface area (Å²) >= 11 is 2.17. The van der Waals surface area contributed by atoms with Crippen molar-refractivity contribution in [3.8, 4) is 5.69 Å². The van der Waals surface area contributed by atoms with E-state index in [0.29, 0.717) is 12.0 Å². The lowest BCUT2D eigenvalue weighted by molar-refractivity contribution is 0.592. The molecule has 0 saturated carbocycles. The number of hydrogen-bond acceptors (Lipinski definition) is 2. The van der Waals surface area contributed by atoms with E-state index in [1.54, 1.807) is 16.9 Å². The second-order valence-electron chi connectivity index (χ2n) is 4.02. The van der Waals surface area contributed by atoms with Crippen LogP contribution in [0.3, 0.4) is 0 Å². The third kappa shape index (κ3) is 2.84. The summed E-state index contributed by atoms with van der Waals surface area (Å²) in [7, 11) is 0. The number of rotatable bonds is 3. The molecule has 3 nitrogen and oxygen atoms in total. The first-order chi connectivity index (χ1) is 8.08. The van der Waals surface area contributed by atoms with Gasteiger partial charge in [0.1, 0.15) is 5.82 Å². The van der Waals surface area contributed by atoms with Crippen molar-refractivity contribution in [3.63, 3.8) is 0 Å². The van der Waals surface area contributed by atoms with Gasteiger partial charge >= 0.3 is 0 Å². The summed E-state index contributed by atoms with van der Waals surface area (Å²) in [5.41, 5.74) is 7.12. The molecular formula is C12H13FIN3. The zero-order valence-corrected chi connectivity index (χ0v) is 11.6. The summed E-state index contributed by atoms with van der Waals surface area (Å²) in [5, 5.41) is 4.20. The summed E-state index contributed by atoms with van der Waals surface area (Å²) in [6.07, 6.45) is 4.10. The molecule has 1 aromatic carbocycles. The van der Waals surface area contributed by atoms with Crippen LogP contribution in [0.15, 0.2) is 30.6 Å². The smallest absolute Gasteiger partial charge is 0.128 e. The van der Waals surface area contributed by atoms with Gasteiger partial charge in [-0.2, -0.15) is 5.10 Å². The van der Waals surface area contributed by atoms with Crippen molar-refractivity contribution >= 4 is 22.6 Å². The molecule has 2 rings (SSSR count). The van der Waals surface area contributed by atoms with Gasteiger partial charge in [-0.3, -0.25) is 0 Å². The zero-order chi connectivity index (χ0) is 12.4. The van der Waals surface area contributed by atoms with E-state index in [4.69, 9.17) is 5.73 Å². The van der Waals surface area contributed by atoms with Gasteiger partial charge in [0.25, 0.3) is 0 Å². The fourth-order valence-corrected chi connectivity index (χ4v) is 2.11. The summed E-state index contributed by atoms with van der Waals surface area (Å²) in [6, 6.07) is 4.91. The Labute approximate surface area is 113 Å². The normalized spacial score (nSPS) is 12.7. The Hall–Kier alpha value is -0.950. The second kappa shape index (κ2) is 5.14. The Morgan fingerprint density at radius 2 is 2.29 bits per heavy atom. The summed E-state index contributed by atoms with van der Waals surface area (Å²) < 4.78 is 16.5. The van der Waals surface area contributed by atoms with Crippen LogP contribution in [-0.2, 0) is 6.42 Å². The van der Waals surface area contributed by atoms with Crippen molar-refractivity contribution in [2.75, 3.05) is 0 Å². The van der Waals surface area contributed by atoms with Crippen LogP contribution >= 0.6 is 22.6 Å². The van der Waals surface area contributed by atoms with E-state index >= 15 is 0 Å². The molecule has 1 heterocycles. The van der Waals surface area contributed by atoms with Crippen molar-refractivity contribution in [1.29, 1.82) is 0 Å². The van der Waals surface area contributed by atoms with Gasteiger partial charge in [0.15, 0.2) is 0 Å². The number of hydrogen-bond donors (Lipinski definition) is 1. The predicted octanol–water partition coefficient (Wildman–Crippen LogP) is 2.51. The zero-order valence-electron chi connectivity index (χ0n) is 9.40. The lowest BCUT2D eigenvalue weighted by Crippen LogP contribution is -2.20. The molecule has 1 unspecified atom stereocenters. The minimum Gasteiger partial charge on any atom is -0.328 e. The fraction of sp³-hybridized carbons (Fsp3) is 0.250. The summed E-state index contributed by atoms with van der Waals surface area (Å²) in [4.78, 5) is 0. The molecular weight excluding hydrogens is 332 g/mol. The van der Waals surface area contributed by atoms with E-state index < -0.39 is 0 Å².